The van der Waals surface area contributed by atoms with Crippen LogP contribution in [0.5, 0.6) is 5.75 Å². The number of aryl methyl sites for hydroxylation is 2. The van der Waals surface area contributed by atoms with Crippen molar-refractivity contribution in [2.75, 3.05) is 17.5 Å². The van der Waals surface area contributed by atoms with Crippen molar-refractivity contribution in [3.8, 4) is 5.75 Å². The fourth-order valence-electron chi connectivity index (χ4n) is 3.73. The lowest BCUT2D eigenvalue weighted by molar-refractivity contribution is -0.120. The van der Waals surface area contributed by atoms with Crippen molar-refractivity contribution in [2.45, 2.75) is 38.6 Å². The molecule has 0 spiro atoms. The number of hydrogen-bond acceptors (Lipinski definition) is 4. The molecule has 6 nitrogen and oxygen atoms in total. The second-order valence-electron chi connectivity index (χ2n) is 8.04. The number of halogens is 1. The van der Waals surface area contributed by atoms with Crippen LogP contribution in [0.2, 0.25) is 0 Å². The number of hydrogen-bond donors (Lipinski definition) is 1. The molecule has 0 heterocycles. The molecule has 0 aliphatic heterocycles. The van der Waals surface area contributed by atoms with E-state index >= 15 is 0 Å². The minimum atomic E-state index is -3.99. The quantitative estimate of drug-likeness (QED) is 0.383. The van der Waals surface area contributed by atoms with E-state index in [1.165, 1.54) is 12.1 Å². The Labute approximate surface area is 210 Å². The van der Waals surface area contributed by atoms with Crippen LogP contribution in [-0.2, 0) is 14.8 Å². The molecular formula is C26H29BrN2O4S. The van der Waals surface area contributed by atoms with Crippen LogP contribution < -0.4 is 14.4 Å². The summed E-state index contributed by atoms with van der Waals surface area (Å²) in [5, 5.41) is 2.94. The van der Waals surface area contributed by atoms with Gasteiger partial charge in [0.25, 0.3) is 10.0 Å². The van der Waals surface area contributed by atoms with E-state index in [1.54, 1.807) is 36.4 Å². The van der Waals surface area contributed by atoms with Gasteiger partial charge in [-0.1, -0.05) is 39.7 Å². The lowest BCUT2D eigenvalue weighted by Crippen LogP contribution is -2.41. The number of sulfonamides is 1. The topological polar surface area (TPSA) is 75.7 Å². The third-order valence-electron chi connectivity index (χ3n) is 5.39. The van der Waals surface area contributed by atoms with Gasteiger partial charge in [0.2, 0.25) is 5.91 Å². The maximum Gasteiger partial charge on any atom is 0.264 e. The van der Waals surface area contributed by atoms with E-state index in [9.17, 15) is 13.2 Å². The summed E-state index contributed by atoms with van der Waals surface area (Å²) in [4.78, 5) is 13.1. The van der Waals surface area contributed by atoms with Gasteiger partial charge >= 0.3 is 0 Å². The first-order valence-corrected chi connectivity index (χ1v) is 13.2. The summed E-state index contributed by atoms with van der Waals surface area (Å²) in [5.74, 6) is 0.224. The van der Waals surface area contributed by atoms with Gasteiger partial charge in [-0.3, -0.25) is 9.10 Å². The molecule has 0 aromatic heterocycles. The van der Waals surface area contributed by atoms with Crippen molar-refractivity contribution in [1.29, 1.82) is 0 Å². The molecular weight excluding hydrogens is 516 g/mol. The molecule has 0 aliphatic carbocycles. The highest BCUT2D eigenvalue weighted by Crippen LogP contribution is 2.27. The first-order chi connectivity index (χ1) is 16.1. The summed E-state index contributed by atoms with van der Waals surface area (Å²) < 4.78 is 34.4. The summed E-state index contributed by atoms with van der Waals surface area (Å²) in [7, 11) is -3.99. The molecule has 3 aromatic carbocycles. The van der Waals surface area contributed by atoms with E-state index < -0.39 is 15.9 Å². The monoisotopic (exact) mass is 544 g/mol. The Morgan fingerprint density at radius 3 is 2.26 bits per heavy atom. The van der Waals surface area contributed by atoms with Crippen molar-refractivity contribution in [3.05, 3.63) is 87.9 Å². The van der Waals surface area contributed by atoms with Crippen molar-refractivity contribution < 1.29 is 17.9 Å². The van der Waals surface area contributed by atoms with Gasteiger partial charge in [0.15, 0.2) is 0 Å². The first-order valence-electron chi connectivity index (χ1n) is 11.0. The van der Waals surface area contributed by atoms with Gasteiger partial charge in [0.05, 0.1) is 23.2 Å². The van der Waals surface area contributed by atoms with Gasteiger partial charge < -0.3 is 10.1 Å². The summed E-state index contributed by atoms with van der Waals surface area (Å²) in [6.45, 7) is 7.91. The predicted molar refractivity (Wildman–Crippen MR) is 139 cm³/mol. The molecule has 3 aromatic rings. The maximum absolute atomic E-state index is 13.5. The highest BCUT2D eigenvalue weighted by atomic mass is 79.9. The van der Waals surface area contributed by atoms with Crippen LogP contribution in [0.15, 0.2) is 76.1 Å². The van der Waals surface area contributed by atoms with Crippen LogP contribution in [0, 0.1) is 13.8 Å². The van der Waals surface area contributed by atoms with Crippen LogP contribution in [0.3, 0.4) is 0 Å². The summed E-state index contributed by atoms with van der Waals surface area (Å²) in [5.41, 5.74) is 3.57. The van der Waals surface area contributed by atoms with Gasteiger partial charge in [-0.2, -0.15) is 0 Å². The highest BCUT2D eigenvalue weighted by Gasteiger charge is 2.28. The van der Waals surface area contributed by atoms with Crippen LogP contribution in [0.1, 0.15) is 36.6 Å². The molecule has 8 heteroatoms. The number of nitrogens with zero attached hydrogens (tertiary/aromatic N) is 1. The number of rotatable bonds is 9. The molecule has 0 saturated heterocycles. The van der Waals surface area contributed by atoms with Crippen molar-refractivity contribution >= 4 is 37.5 Å². The zero-order chi connectivity index (χ0) is 24.9. The number of nitrogens with one attached hydrogen (secondary N) is 1. The fourth-order valence-corrected chi connectivity index (χ4v) is 5.42. The van der Waals surface area contributed by atoms with Gasteiger partial charge in [0, 0.05) is 4.47 Å². The number of anilines is 1. The lowest BCUT2D eigenvalue weighted by Gasteiger charge is -2.25. The smallest absolute Gasteiger partial charge is 0.264 e. The Morgan fingerprint density at radius 1 is 1.03 bits per heavy atom. The SMILES string of the molecule is CCOc1ccc(N(CC(=O)N[C@H](C)c2ccc(C)cc2C)S(=O)(=O)c2ccc(Br)cc2)cc1. The molecule has 3 rings (SSSR count). The van der Waals surface area contributed by atoms with E-state index in [2.05, 4.69) is 27.3 Å². The molecule has 0 saturated carbocycles. The average molecular weight is 545 g/mol. The fraction of sp³-hybridized carbons (Fsp3) is 0.269. The second-order valence-corrected chi connectivity index (χ2v) is 10.8. The highest BCUT2D eigenvalue weighted by molar-refractivity contribution is 9.10. The Hall–Kier alpha value is -2.84. The predicted octanol–water partition coefficient (Wildman–Crippen LogP) is 5.54. The Balaban J connectivity index is 1.90. The van der Waals surface area contributed by atoms with Crippen LogP contribution in [0.4, 0.5) is 5.69 Å². The van der Waals surface area contributed by atoms with Crippen LogP contribution >= 0.6 is 15.9 Å². The lowest BCUT2D eigenvalue weighted by atomic mass is 10.0. The summed E-state index contributed by atoms with van der Waals surface area (Å²) in [6.07, 6.45) is 0. The molecule has 1 amide bonds. The molecule has 1 N–H and O–H groups in total. The second kappa shape index (κ2) is 11.1. The number of amides is 1. The maximum atomic E-state index is 13.5. The van der Waals surface area contributed by atoms with E-state index in [-0.39, 0.29) is 17.5 Å². The Kier molecular flexibility index (Phi) is 8.38. The summed E-state index contributed by atoms with van der Waals surface area (Å²) >= 11 is 3.33. The molecule has 0 fully saturated rings. The third kappa shape index (κ3) is 6.18. The van der Waals surface area contributed by atoms with Gasteiger partial charge in [0.1, 0.15) is 12.3 Å². The number of carbonyl (C=O) groups is 1. The zero-order valence-electron chi connectivity index (χ0n) is 19.7. The van der Waals surface area contributed by atoms with E-state index in [0.29, 0.717) is 18.0 Å². The van der Waals surface area contributed by atoms with Crippen molar-refractivity contribution in [1.82, 2.24) is 5.32 Å². The summed E-state index contributed by atoms with van der Waals surface area (Å²) in [6, 6.07) is 18.8. The van der Waals surface area contributed by atoms with E-state index in [1.807, 2.05) is 39.8 Å². The number of ether oxygens (including phenoxy) is 1. The molecule has 0 bridgehead atoms. The average Bonchev–Trinajstić information content (AvgIpc) is 2.78. The minimum absolute atomic E-state index is 0.0970. The molecule has 180 valence electrons. The third-order valence-corrected chi connectivity index (χ3v) is 7.71. The molecule has 1 atom stereocenters. The number of benzene rings is 3. The molecule has 34 heavy (non-hydrogen) atoms. The largest absolute Gasteiger partial charge is 0.494 e. The van der Waals surface area contributed by atoms with E-state index in [4.69, 9.17) is 4.74 Å². The Morgan fingerprint density at radius 2 is 1.68 bits per heavy atom. The minimum Gasteiger partial charge on any atom is -0.494 e. The standard InChI is InChI=1S/C26H29BrN2O4S/c1-5-33-23-11-9-22(10-12-23)29(34(31,32)24-13-7-21(27)8-14-24)17-26(30)28-20(4)25-15-6-18(2)16-19(25)3/h6-16,20H,5,17H2,1-4H3,(H,28,30)/t20-/m1/s1. The molecule has 0 aliphatic rings. The van der Waals surface area contributed by atoms with Gasteiger partial charge in [-0.25, -0.2) is 8.42 Å². The van der Waals surface area contributed by atoms with Gasteiger partial charge in [-0.15, -0.1) is 0 Å². The number of carbonyl (C=O) groups excluding carboxylic acids is 1. The normalized spacial score (nSPS) is 12.1. The Bertz CT molecular complexity index is 1240. The van der Waals surface area contributed by atoms with E-state index in [0.717, 1.165) is 25.5 Å². The molecule has 0 radical (unpaired) electrons. The van der Waals surface area contributed by atoms with Crippen molar-refractivity contribution in [3.63, 3.8) is 0 Å². The zero-order valence-corrected chi connectivity index (χ0v) is 22.1. The van der Waals surface area contributed by atoms with Crippen LogP contribution in [0.25, 0.3) is 0 Å². The van der Waals surface area contributed by atoms with Crippen molar-refractivity contribution in [2.24, 2.45) is 0 Å². The van der Waals surface area contributed by atoms with Gasteiger partial charge in [-0.05, 0) is 87.4 Å². The molecule has 0 unspecified atom stereocenters. The first kappa shape index (κ1) is 25.8. The van der Waals surface area contributed by atoms with Crippen LogP contribution in [-0.4, -0.2) is 27.5 Å².